The molecular weight excluding hydrogens is 252 g/mol. The van der Waals surface area contributed by atoms with E-state index in [0.717, 1.165) is 6.54 Å². The number of hydrogen-bond acceptors (Lipinski definition) is 3. The molecule has 0 radical (unpaired) electrons. The van der Waals surface area contributed by atoms with Crippen molar-refractivity contribution in [3.63, 3.8) is 0 Å². The van der Waals surface area contributed by atoms with Crippen molar-refractivity contribution in [2.45, 2.75) is 84.8 Å². The Bertz CT molecular complexity index is 282. The van der Waals surface area contributed by atoms with Crippen LogP contribution in [0.1, 0.15) is 67.2 Å². The predicted octanol–water partition coefficient (Wildman–Crippen LogP) is 3.12. The smallest absolute Gasteiger partial charge is 0.323 e. The van der Waals surface area contributed by atoms with Gasteiger partial charge in [0.25, 0.3) is 0 Å². The number of nitrogens with one attached hydrogen (secondary N) is 1. The summed E-state index contributed by atoms with van der Waals surface area (Å²) in [7, 11) is 0. The number of rotatable bonds is 11. The van der Waals surface area contributed by atoms with Crippen molar-refractivity contribution in [3.8, 4) is 0 Å². The van der Waals surface area contributed by atoms with Gasteiger partial charge >= 0.3 is 5.97 Å². The lowest BCUT2D eigenvalue weighted by Gasteiger charge is -2.37. The van der Waals surface area contributed by atoms with Gasteiger partial charge in [0.1, 0.15) is 5.54 Å². The molecule has 2 N–H and O–H groups in total. The molecule has 2 atom stereocenters. The summed E-state index contributed by atoms with van der Waals surface area (Å²) >= 11 is 0. The summed E-state index contributed by atoms with van der Waals surface area (Å²) < 4.78 is 0. The van der Waals surface area contributed by atoms with Gasteiger partial charge in [0, 0.05) is 12.1 Å². The molecule has 0 rings (SSSR count). The summed E-state index contributed by atoms with van der Waals surface area (Å²) in [5.41, 5.74) is -0.841. The number of hydrogen-bond donors (Lipinski definition) is 2. The molecule has 120 valence electrons. The maximum Gasteiger partial charge on any atom is 0.323 e. The molecule has 0 fully saturated rings. The van der Waals surface area contributed by atoms with Crippen LogP contribution in [0.5, 0.6) is 0 Å². The van der Waals surface area contributed by atoms with Gasteiger partial charge in [-0.1, -0.05) is 26.7 Å². The Morgan fingerprint density at radius 3 is 2.25 bits per heavy atom. The van der Waals surface area contributed by atoms with Crippen LogP contribution in [0.2, 0.25) is 0 Å². The fraction of sp³-hybridized carbons (Fsp3) is 0.938. The quantitative estimate of drug-likeness (QED) is 0.573. The number of carboxylic acid groups (broad SMARTS) is 1. The molecule has 0 aromatic heterocycles. The zero-order valence-corrected chi connectivity index (χ0v) is 14.2. The van der Waals surface area contributed by atoms with Gasteiger partial charge in [-0.15, -0.1) is 0 Å². The SMILES string of the molecule is CCCCCN(C(C)C)C(C)CC(C)(NCC)C(=O)O. The van der Waals surface area contributed by atoms with Crippen LogP contribution in [0.4, 0.5) is 0 Å². The van der Waals surface area contributed by atoms with E-state index in [1.807, 2.05) is 6.92 Å². The van der Waals surface area contributed by atoms with Gasteiger partial charge in [-0.2, -0.15) is 0 Å². The third-order valence-electron chi connectivity index (χ3n) is 3.99. The number of aliphatic carboxylic acids is 1. The maximum absolute atomic E-state index is 11.5. The van der Waals surface area contributed by atoms with Gasteiger partial charge in [-0.3, -0.25) is 9.69 Å². The van der Waals surface area contributed by atoms with E-state index in [4.69, 9.17) is 0 Å². The standard InChI is InChI=1S/C16H34N2O2/c1-7-9-10-11-18(13(3)4)14(5)12-16(6,15(19)20)17-8-2/h13-14,17H,7-12H2,1-6H3,(H,19,20). The van der Waals surface area contributed by atoms with E-state index < -0.39 is 11.5 Å². The topological polar surface area (TPSA) is 52.6 Å². The molecule has 0 aromatic rings. The van der Waals surface area contributed by atoms with Crippen LogP contribution < -0.4 is 5.32 Å². The minimum absolute atomic E-state index is 0.256. The molecule has 0 bridgehead atoms. The van der Waals surface area contributed by atoms with Crippen molar-refractivity contribution in [1.82, 2.24) is 10.2 Å². The largest absolute Gasteiger partial charge is 0.480 e. The average Bonchev–Trinajstić information content (AvgIpc) is 2.33. The molecule has 2 unspecified atom stereocenters. The minimum Gasteiger partial charge on any atom is -0.480 e. The van der Waals surface area contributed by atoms with E-state index in [1.165, 1.54) is 19.3 Å². The number of likely N-dealkylation sites (N-methyl/N-ethyl adjacent to an activating group) is 1. The lowest BCUT2D eigenvalue weighted by molar-refractivity contribution is -0.145. The summed E-state index contributed by atoms with van der Waals surface area (Å²) in [5.74, 6) is -0.761. The van der Waals surface area contributed by atoms with Crippen molar-refractivity contribution in [1.29, 1.82) is 0 Å². The fourth-order valence-corrected chi connectivity index (χ4v) is 2.87. The highest BCUT2D eigenvalue weighted by molar-refractivity contribution is 5.78. The summed E-state index contributed by atoms with van der Waals surface area (Å²) in [6, 6.07) is 0.702. The van der Waals surface area contributed by atoms with Gasteiger partial charge in [0.15, 0.2) is 0 Å². The highest BCUT2D eigenvalue weighted by atomic mass is 16.4. The van der Waals surface area contributed by atoms with Crippen LogP contribution in [0.25, 0.3) is 0 Å². The number of carboxylic acids is 1. The first-order valence-electron chi connectivity index (χ1n) is 8.02. The Morgan fingerprint density at radius 2 is 1.85 bits per heavy atom. The summed E-state index contributed by atoms with van der Waals surface area (Å²) in [4.78, 5) is 13.9. The van der Waals surface area contributed by atoms with E-state index in [9.17, 15) is 9.90 Å². The van der Waals surface area contributed by atoms with E-state index in [2.05, 4.69) is 37.9 Å². The molecule has 0 aliphatic heterocycles. The van der Waals surface area contributed by atoms with Crippen LogP contribution in [0.3, 0.4) is 0 Å². The predicted molar refractivity (Wildman–Crippen MR) is 85.2 cm³/mol. The summed E-state index contributed by atoms with van der Waals surface area (Å²) in [5, 5.41) is 12.6. The molecule has 0 aliphatic carbocycles. The van der Waals surface area contributed by atoms with Crippen LogP contribution >= 0.6 is 0 Å². The zero-order chi connectivity index (χ0) is 15.8. The molecule has 0 heterocycles. The lowest BCUT2D eigenvalue weighted by atomic mass is 9.92. The second kappa shape index (κ2) is 9.35. The van der Waals surface area contributed by atoms with E-state index >= 15 is 0 Å². The molecule has 0 saturated carbocycles. The first-order valence-corrected chi connectivity index (χ1v) is 8.02. The molecule has 0 saturated heterocycles. The minimum atomic E-state index is -0.841. The third kappa shape index (κ3) is 6.23. The molecule has 4 nitrogen and oxygen atoms in total. The molecule has 0 aliphatic rings. The molecule has 0 amide bonds. The fourth-order valence-electron chi connectivity index (χ4n) is 2.87. The van der Waals surface area contributed by atoms with Crippen molar-refractivity contribution < 1.29 is 9.90 Å². The van der Waals surface area contributed by atoms with Crippen LogP contribution in [0.15, 0.2) is 0 Å². The maximum atomic E-state index is 11.5. The molecule has 0 aromatic carbocycles. The van der Waals surface area contributed by atoms with E-state index in [0.29, 0.717) is 19.0 Å². The normalized spacial score (nSPS) is 16.4. The molecular formula is C16H34N2O2. The van der Waals surface area contributed by atoms with Crippen LogP contribution in [0, 0.1) is 0 Å². The lowest BCUT2D eigenvalue weighted by Crippen LogP contribution is -2.54. The van der Waals surface area contributed by atoms with Gasteiger partial charge in [0.05, 0.1) is 0 Å². The zero-order valence-electron chi connectivity index (χ0n) is 14.2. The molecule has 0 spiro atoms. The van der Waals surface area contributed by atoms with E-state index in [-0.39, 0.29) is 6.04 Å². The van der Waals surface area contributed by atoms with Gasteiger partial charge in [-0.05, 0) is 53.6 Å². The highest BCUT2D eigenvalue weighted by Gasteiger charge is 2.35. The number of carbonyl (C=O) groups is 1. The summed E-state index contributed by atoms with van der Waals surface area (Å²) in [6.07, 6.45) is 4.26. The Balaban J connectivity index is 4.71. The van der Waals surface area contributed by atoms with Gasteiger partial charge < -0.3 is 10.4 Å². The average molecular weight is 286 g/mol. The summed E-state index contributed by atoms with van der Waals surface area (Å²) in [6.45, 7) is 14.2. The Hall–Kier alpha value is -0.610. The first kappa shape index (κ1) is 19.4. The second-order valence-corrected chi connectivity index (χ2v) is 6.26. The molecule has 4 heteroatoms. The highest BCUT2D eigenvalue weighted by Crippen LogP contribution is 2.19. The first-order chi connectivity index (χ1) is 9.28. The van der Waals surface area contributed by atoms with E-state index in [1.54, 1.807) is 6.92 Å². The number of nitrogens with zero attached hydrogens (tertiary/aromatic N) is 1. The molecule has 20 heavy (non-hydrogen) atoms. The third-order valence-corrected chi connectivity index (χ3v) is 3.99. The monoisotopic (exact) mass is 286 g/mol. The Kier molecular flexibility index (Phi) is 9.06. The van der Waals surface area contributed by atoms with Crippen LogP contribution in [-0.4, -0.2) is 46.7 Å². The second-order valence-electron chi connectivity index (χ2n) is 6.26. The van der Waals surface area contributed by atoms with Crippen LogP contribution in [-0.2, 0) is 4.79 Å². The van der Waals surface area contributed by atoms with Crippen molar-refractivity contribution in [3.05, 3.63) is 0 Å². The van der Waals surface area contributed by atoms with Gasteiger partial charge in [0.2, 0.25) is 0 Å². The van der Waals surface area contributed by atoms with Gasteiger partial charge in [-0.25, -0.2) is 0 Å². The number of unbranched alkanes of at least 4 members (excludes halogenated alkanes) is 2. The van der Waals surface area contributed by atoms with Crippen molar-refractivity contribution in [2.75, 3.05) is 13.1 Å². The Morgan fingerprint density at radius 1 is 1.25 bits per heavy atom. The Labute approximate surface area is 124 Å². The van der Waals surface area contributed by atoms with Crippen molar-refractivity contribution >= 4 is 5.97 Å². The van der Waals surface area contributed by atoms with Crippen molar-refractivity contribution in [2.24, 2.45) is 0 Å².